The largest absolute Gasteiger partial charge is 0.481 e. The van der Waals surface area contributed by atoms with Crippen LogP contribution in [0.1, 0.15) is 31.2 Å². The summed E-state index contributed by atoms with van der Waals surface area (Å²) in [5, 5.41) is 15.0. The van der Waals surface area contributed by atoms with Crippen molar-refractivity contribution in [3.05, 3.63) is 29.8 Å². The molecule has 5 nitrogen and oxygen atoms in total. The van der Waals surface area contributed by atoms with Gasteiger partial charge >= 0.3 is 6.03 Å². The molecule has 1 aliphatic rings. The van der Waals surface area contributed by atoms with Crippen molar-refractivity contribution in [2.75, 3.05) is 19.8 Å². The molecule has 1 aliphatic carbocycles. The molecule has 130 valence electrons. The Labute approximate surface area is 143 Å². The normalized spacial score (nSPS) is 20.0. The Kier molecular flexibility index (Phi) is 7.44. The van der Waals surface area contributed by atoms with E-state index in [1.807, 2.05) is 24.3 Å². The van der Waals surface area contributed by atoms with E-state index in [4.69, 9.17) is 16.3 Å². The number of terminal acetylenes is 1. The van der Waals surface area contributed by atoms with Gasteiger partial charge in [0, 0.05) is 19.2 Å². The van der Waals surface area contributed by atoms with Gasteiger partial charge < -0.3 is 20.5 Å². The molecule has 2 amide bonds. The zero-order valence-corrected chi connectivity index (χ0v) is 14.0. The van der Waals surface area contributed by atoms with E-state index in [0.29, 0.717) is 12.5 Å². The van der Waals surface area contributed by atoms with Gasteiger partial charge in [0.2, 0.25) is 0 Å². The van der Waals surface area contributed by atoms with E-state index in [2.05, 4.69) is 16.6 Å². The lowest BCUT2D eigenvalue weighted by atomic mass is 9.87. The van der Waals surface area contributed by atoms with Gasteiger partial charge in [-0.25, -0.2) is 4.79 Å². The molecule has 1 fully saturated rings. The zero-order chi connectivity index (χ0) is 17.2. The van der Waals surface area contributed by atoms with Crippen molar-refractivity contribution in [1.82, 2.24) is 10.6 Å². The number of hydrogen-bond acceptors (Lipinski definition) is 3. The zero-order valence-electron chi connectivity index (χ0n) is 14.0. The number of carbonyl (C=O) groups is 1. The van der Waals surface area contributed by atoms with Crippen LogP contribution in [0.15, 0.2) is 24.3 Å². The Morgan fingerprint density at radius 2 is 1.96 bits per heavy atom. The first-order valence-corrected chi connectivity index (χ1v) is 8.51. The minimum atomic E-state index is -0.114. The summed E-state index contributed by atoms with van der Waals surface area (Å²) in [7, 11) is 0. The molecule has 0 bridgehead atoms. The molecule has 0 saturated heterocycles. The van der Waals surface area contributed by atoms with E-state index >= 15 is 0 Å². The number of urea groups is 1. The van der Waals surface area contributed by atoms with Crippen LogP contribution in [0.25, 0.3) is 0 Å². The lowest BCUT2D eigenvalue weighted by Crippen LogP contribution is -2.44. The van der Waals surface area contributed by atoms with Crippen molar-refractivity contribution in [2.45, 2.75) is 38.1 Å². The van der Waals surface area contributed by atoms with Crippen molar-refractivity contribution in [2.24, 2.45) is 5.92 Å². The van der Waals surface area contributed by atoms with Crippen LogP contribution in [-0.4, -0.2) is 36.9 Å². The lowest BCUT2D eigenvalue weighted by Gasteiger charge is -2.27. The molecule has 1 aromatic carbocycles. The minimum absolute atomic E-state index is 0.114. The van der Waals surface area contributed by atoms with Crippen molar-refractivity contribution >= 4 is 6.03 Å². The first-order chi connectivity index (χ1) is 11.7. The van der Waals surface area contributed by atoms with Gasteiger partial charge in [0.25, 0.3) is 0 Å². The topological polar surface area (TPSA) is 70.6 Å². The molecule has 0 aromatic heterocycles. The number of ether oxygens (including phenoxy) is 1. The van der Waals surface area contributed by atoms with E-state index in [0.717, 1.165) is 43.4 Å². The smallest absolute Gasteiger partial charge is 0.315 e. The van der Waals surface area contributed by atoms with Crippen molar-refractivity contribution in [3.63, 3.8) is 0 Å². The Balaban J connectivity index is 1.63. The number of amides is 2. The summed E-state index contributed by atoms with van der Waals surface area (Å²) in [5.74, 6) is 3.58. The van der Waals surface area contributed by atoms with Gasteiger partial charge in [-0.05, 0) is 55.7 Å². The van der Waals surface area contributed by atoms with Crippen LogP contribution in [0.5, 0.6) is 5.75 Å². The number of hydrogen-bond donors (Lipinski definition) is 3. The summed E-state index contributed by atoms with van der Waals surface area (Å²) in [6.45, 7) is 1.11. The van der Waals surface area contributed by atoms with Crippen molar-refractivity contribution in [3.8, 4) is 18.1 Å². The summed E-state index contributed by atoms with van der Waals surface area (Å²) in [5.41, 5.74) is 1.13. The average Bonchev–Trinajstić information content (AvgIpc) is 2.61. The molecule has 5 heteroatoms. The Morgan fingerprint density at radius 1 is 1.25 bits per heavy atom. The van der Waals surface area contributed by atoms with Gasteiger partial charge in [0.05, 0.1) is 0 Å². The van der Waals surface area contributed by atoms with Gasteiger partial charge in [-0.1, -0.05) is 18.1 Å². The highest BCUT2D eigenvalue weighted by atomic mass is 16.5. The van der Waals surface area contributed by atoms with Crippen molar-refractivity contribution < 1.29 is 14.6 Å². The second-order valence-corrected chi connectivity index (χ2v) is 6.19. The predicted molar refractivity (Wildman–Crippen MR) is 93.8 cm³/mol. The molecule has 0 unspecified atom stereocenters. The third kappa shape index (κ3) is 6.13. The molecule has 0 spiro atoms. The first-order valence-electron chi connectivity index (χ1n) is 8.51. The van der Waals surface area contributed by atoms with Gasteiger partial charge in [-0.2, -0.15) is 0 Å². The number of carbonyl (C=O) groups excluding carboxylic acids is 1. The van der Waals surface area contributed by atoms with Crippen LogP contribution in [0.4, 0.5) is 4.79 Å². The predicted octanol–water partition coefficient (Wildman–Crippen LogP) is 2.09. The molecule has 1 aromatic rings. The molecule has 0 radical (unpaired) electrons. The minimum Gasteiger partial charge on any atom is -0.481 e. The number of aliphatic hydroxyl groups is 1. The van der Waals surface area contributed by atoms with E-state index in [1.165, 1.54) is 0 Å². The fraction of sp³-hybridized carbons (Fsp3) is 0.526. The fourth-order valence-electron chi connectivity index (χ4n) is 2.92. The molecule has 1 saturated carbocycles. The highest BCUT2D eigenvalue weighted by Gasteiger charge is 2.21. The number of aliphatic hydroxyl groups excluding tert-OH is 1. The fourth-order valence-corrected chi connectivity index (χ4v) is 2.92. The molecule has 24 heavy (non-hydrogen) atoms. The second-order valence-electron chi connectivity index (χ2n) is 6.19. The van der Waals surface area contributed by atoms with E-state index in [1.54, 1.807) is 0 Å². The maximum Gasteiger partial charge on any atom is 0.315 e. The third-order valence-electron chi connectivity index (χ3n) is 4.38. The molecule has 0 atom stereocenters. The van der Waals surface area contributed by atoms with E-state index in [9.17, 15) is 4.79 Å². The maximum absolute atomic E-state index is 11.9. The van der Waals surface area contributed by atoms with Crippen LogP contribution in [-0.2, 0) is 6.42 Å². The van der Waals surface area contributed by atoms with Crippen LogP contribution in [0, 0.1) is 18.3 Å². The van der Waals surface area contributed by atoms with Crippen LogP contribution in [0.3, 0.4) is 0 Å². The lowest BCUT2D eigenvalue weighted by molar-refractivity contribution is 0.174. The number of rotatable bonds is 7. The summed E-state index contributed by atoms with van der Waals surface area (Å²) in [6, 6.07) is 7.82. The first kappa shape index (κ1) is 18.2. The van der Waals surface area contributed by atoms with E-state index in [-0.39, 0.29) is 25.3 Å². The standard InChI is InChI=1S/C19H26N2O3/c1-2-13-24-18-9-5-15(6-10-18)11-12-20-19(23)21-17-7-3-16(14-22)4-8-17/h1,5-6,9-10,16-17,22H,3-4,7-8,11-14H2,(H2,20,21,23). The summed E-state index contributed by atoms with van der Waals surface area (Å²) >= 11 is 0. The highest BCUT2D eigenvalue weighted by molar-refractivity contribution is 5.74. The monoisotopic (exact) mass is 330 g/mol. The molecule has 2 rings (SSSR count). The average molecular weight is 330 g/mol. The number of benzene rings is 1. The van der Waals surface area contributed by atoms with Gasteiger partial charge in [0.1, 0.15) is 12.4 Å². The Bertz CT molecular complexity index is 543. The Morgan fingerprint density at radius 3 is 2.58 bits per heavy atom. The van der Waals surface area contributed by atoms with Gasteiger partial charge in [-0.3, -0.25) is 0 Å². The van der Waals surface area contributed by atoms with Gasteiger partial charge in [0.15, 0.2) is 0 Å². The summed E-state index contributed by atoms with van der Waals surface area (Å²) in [4.78, 5) is 11.9. The van der Waals surface area contributed by atoms with Crippen LogP contribution < -0.4 is 15.4 Å². The van der Waals surface area contributed by atoms with Gasteiger partial charge in [-0.15, -0.1) is 6.42 Å². The highest BCUT2D eigenvalue weighted by Crippen LogP contribution is 2.23. The maximum atomic E-state index is 11.9. The van der Waals surface area contributed by atoms with Crippen LogP contribution >= 0.6 is 0 Å². The molecular weight excluding hydrogens is 304 g/mol. The Hall–Kier alpha value is -2.19. The second kappa shape index (κ2) is 9.84. The van der Waals surface area contributed by atoms with Crippen molar-refractivity contribution in [1.29, 1.82) is 0 Å². The van der Waals surface area contributed by atoms with E-state index < -0.39 is 0 Å². The quantitative estimate of drug-likeness (QED) is 0.671. The molecule has 3 N–H and O–H groups in total. The third-order valence-corrected chi connectivity index (χ3v) is 4.38. The molecule has 0 aliphatic heterocycles. The molecule has 0 heterocycles. The molecular formula is C19H26N2O3. The van der Waals surface area contributed by atoms with Crippen LogP contribution in [0.2, 0.25) is 0 Å². The SMILES string of the molecule is C#CCOc1ccc(CCNC(=O)NC2CCC(CO)CC2)cc1. The number of nitrogens with one attached hydrogen (secondary N) is 2. The summed E-state index contributed by atoms with van der Waals surface area (Å²) in [6.07, 6.45) is 9.76. The summed E-state index contributed by atoms with van der Waals surface area (Å²) < 4.78 is 5.32.